The Bertz CT molecular complexity index is 901. The minimum atomic E-state index is -4.29. The molecule has 0 saturated heterocycles. The average Bonchev–Trinajstić information content (AvgIpc) is 2.56. The predicted octanol–water partition coefficient (Wildman–Crippen LogP) is 6.55. The van der Waals surface area contributed by atoms with Crippen LogP contribution in [-0.4, -0.2) is 0 Å². The molecule has 3 rings (SSSR count). The fraction of sp³-hybridized carbons (Fsp3) is 0.0526. The third kappa shape index (κ3) is 3.80. The zero-order valence-electron chi connectivity index (χ0n) is 12.9. The fourth-order valence-corrected chi connectivity index (χ4v) is 2.49. The lowest BCUT2D eigenvalue weighted by Gasteiger charge is -2.20. The lowest BCUT2D eigenvalue weighted by molar-refractivity contribution is -0.189. The highest BCUT2D eigenvalue weighted by Gasteiger charge is 2.41. The molecule has 3 aromatic rings. The standard InChI is InChI=1S/C19H10ClF5O/c20-13-3-1-11(2-4-13)12-9-16(22)18(17(23)10-12)19(24,25)26-15-7-5-14(21)6-8-15/h1-10H. The van der Waals surface area contributed by atoms with Crippen molar-refractivity contribution in [2.45, 2.75) is 6.11 Å². The first-order valence-electron chi connectivity index (χ1n) is 7.34. The Balaban J connectivity index is 1.96. The predicted molar refractivity (Wildman–Crippen MR) is 87.7 cm³/mol. The van der Waals surface area contributed by atoms with Gasteiger partial charge >= 0.3 is 6.11 Å². The third-order valence-corrected chi connectivity index (χ3v) is 3.82. The van der Waals surface area contributed by atoms with E-state index in [2.05, 4.69) is 4.74 Å². The van der Waals surface area contributed by atoms with Crippen LogP contribution in [0.3, 0.4) is 0 Å². The summed E-state index contributed by atoms with van der Waals surface area (Å²) < 4.78 is 74.2. The minimum absolute atomic E-state index is 0.0676. The molecule has 0 bridgehead atoms. The van der Waals surface area contributed by atoms with Gasteiger partial charge in [0.2, 0.25) is 0 Å². The molecule has 0 unspecified atom stereocenters. The summed E-state index contributed by atoms with van der Waals surface area (Å²) in [6, 6.07) is 11.2. The number of benzene rings is 3. The van der Waals surface area contributed by atoms with Crippen molar-refractivity contribution in [1.29, 1.82) is 0 Å². The smallest absolute Gasteiger partial charge is 0.429 e. The molecule has 0 fully saturated rings. The number of rotatable bonds is 4. The molecule has 0 saturated carbocycles. The summed E-state index contributed by atoms with van der Waals surface area (Å²) in [4.78, 5) is 0. The molecule has 0 aromatic heterocycles. The van der Waals surface area contributed by atoms with Gasteiger partial charge in [-0.05, 0) is 59.7 Å². The maximum Gasteiger partial charge on any atom is 0.432 e. The van der Waals surface area contributed by atoms with E-state index >= 15 is 0 Å². The highest BCUT2D eigenvalue weighted by molar-refractivity contribution is 6.30. The van der Waals surface area contributed by atoms with E-state index in [1.807, 2.05) is 0 Å². The van der Waals surface area contributed by atoms with Crippen LogP contribution >= 0.6 is 11.6 Å². The lowest BCUT2D eigenvalue weighted by atomic mass is 10.0. The summed E-state index contributed by atoms with van der Waals surface area (Å²) in [5.74, 6) is -4.04. The van der Waals surface area contributed by atoms with E-state index in [0.29, 0.717) is 10.6 Å². The van der Waals surface area contributed by atoms with E-state index in [0.717, 1.165) is 36.4 Å². The van der Waals surface area contributed by atoms with Crippen LogP contribution in [0.5, 0.6) is 5.75 Å². The number of ether oxygens (including phenoxy) is 1. The van der Waals surface area contributed by atoms with Crippen molar-refractivity contribution in [1.82, 2.24) is 0 Å². The lowest BCUT2D eigenvalue weighted by Crippen LogP contribution is -2.25. The molecule has 0 heterocycles. The number of alkyl halides is 2. The topological polar surface area (TPSA) is 9.23 Å². The highest BCUT2D eigenvalue weighted by Crippen LogP contribution is 2.37. The van der Waals surface area contributed by atoms with Crippen LogP contribution in [0.25, 0.3) is 11.1 Å². The average molecular weight is 385 g/mol. The Morgan fingerprint density at radius 3 is 1.81 bits per heavy atom. The molecule has 0 atom stereocenters. The molecule has 0 radical (unpaired) electrons. The molecule has 134 valence electrons. The first-order valence-corrected chi connectivity index (χ1v) is 7.72. The van der Waals surface area contributed by atoms with Crippen molar-refractivity contribution in [2.75, 3.05) is 0 Å². The van der Waals surface area contributed by atoms with E-state index in [1.165, 1.54) is 24.3 Å². The van der Waals surface area contributed by atoms with Gasteiger partial charge in [0.1, 0.15) is 28.8 Å². The van der Waals surface area contributed by atoms with Gasteiger partial charge in [-0.1, -0.05) is 23.7 Å². The number of hydrogen-bond donors (Lipinski definition) is 0. The van der Waals surface area contributed by atoms with Crippen molar-refractivity contribution in [2.24, 2.45) is 0 Å². The van der Waals surface area contributed by atoms with Gasteiger partial charge in [-0.15, -0.1) is 0 Å². The van der Waals surface area contributed by atoms with Gasteiger partial charge in [0.25, 0.3) is 0 Å². The third-order valence-electron chi connectivity index (χ3n) is 3.57. The second-order valence-electron chi connectivity index (χ2n) is 5.39. The summed E-state index contributed by atoms with van der Waals surface area (Å²) in [6.45, 7) is 0. The first kappa shape index (κ1) is 18.2. The molecule has 0 aliphatic carbocycles. The zero-order chi connectivity index (χ0) is 18.9. The van der Waals surface area contributed by atoms with Crippen LogP contribution in [-0.2, 0) is 6.11 Å². The van der Waals surface area contributed by atoms with Gasteiger partial charge < -0.3 is 4.74 Å². The fourth-order valence-electron chi connectivity index (χ4n) is 2.36. The van der Waals surface area contributed by atoms with Crippen LogP contribution in [0.2, 0.25) is 5.02 Å². The number of hydrogen-bond acceptors (Lipinski definition) is 1. The van der Waals surface area contributed by atoms with Gasteiger partial charge in [0, 0.05) is 5.02 Å². The van der Waals surface area contributed by atoms with Crippen LogP contribution in [0.15, 0.2) is 60.7 Å². The first-order chi connectivity index (χ1) is 12.3. The summed E-state index contributed by atoms with van der Waals surface area (Å²) in [5.41, 5.74) is -1.06. The molecule has 0 aliphatic heterocycles. The zero-order valence-corrected chi connectivity index (χ0v) is 13.7. The molecule has 7 heteroatoms. The van der Waals surface area contributed by atoms with Crippen molar-refractivity contribution in [3.05, 3.63) is 88.7 Å². The Kier molecular flexibility index (Phi) is 4.87. The molecule has 0 amide bonds. The molecule has 0 spiro atoms. The number of halogens is 6. The summed E-state index contributed by atoms with van der Waals surface area (Å²) in [6.07, 6.45) is -4.29. The Labute approximate surface area is 150 Å². The van der Waals surface area contributed by atoms with Crippen LogP contribution in [0, 0.1) is 17.5 Å². The normalized spacial score (nSPS) is 11.5. The monoisotopic (exact) mass is 384 g/mol. The molecule has 1 nitrogen and oxygen atoms in total. The van der Waals surface area contributed by atoms with Crippen LogP contribution in [0.4, 0.5) is 22.0 Å². The maximum atomic E-state index is 14.3. The van der Waals surface area contributed by atoms with Gasteiger partial charge in [-0.2, -0.15) is 8.78 Å². The van der Waals surface area contributed by atoms with Crippen LogP contribution in [0.1, 0.15) is 5.56 Å². The Hall–Kier alpha value is -2.60. The van der Waals surface area contributed by atoms with Gasteiger partial charge in [0.05, 0.1) is 0 Å². The van der Waals surface area contributed by atoms with E-state index in [-0.39, 0.29) is 5.56 Å². The van der Waals surface area contributed by atoms with E-state index in [9.17, 15) is 22.0 Å². The molecule has 0 aliphatic rings. The maximum absolute atomic E-state index is 14.3. The quantitative estimate of drug-likeness (QED) is 0.463. The SMILES string of the molecule is Fc1ccc(OC(F)(F)c2c(F)cc(-c3ccc(Cl)cc3)cc2F)cc1. The van der Waals surface area contributed by atoms with E-state index < -0.39 is 34.9 Å². The van der Waals surface area contributed by atoms with Crippen molar-refractivity contribution < 1.29 is 26.7 Å². The molecular formula is C19H10ClF5O. The van der Waals surface area contributed by atoms with E-state index in [1.54, 1.807) is 0 Å². The van der Waals surface area contributed by atoms with Gasteiger partial charge in [0.15, 0.2) is 0 Å². The second kappa shape index (κ2) is 6.96. The molecule has 0 N–H and O–H groups in total. The summed E-state index contributed by atoms with van der Waals surface area (Å²) in [5, 5.41) is 0.422. The molecular weight excluding hydrogens is 375 g/mol. The largest absolute Gasteiger partial charge is 0.432 e. The van der Waals surface area contributed by atoms with Crippen molar-refractivity contribution in [3.8, 4) is 16.9 Å². The summed E-state index contributed by atoms with van der Waals surface area (Å²) >= 11 is 5.75. The second-order valence-corrected chi connectivity index (χ2v) is 5.83. The van der Waals surface area contributed by atoms with Crippen molar-refractivity contribution >= 4 is 11.6 Å². The molecule has 26 heavy (non-hydrogen) atoms. The summed E-state index contributed by atoms with van der Waals surface area (Å²) in [7, 11) is 0. The van der Waals surface area contributed by atoms with Gasteiger partial charge in [-0.25, -0.2) is 13.2 Å². The Morgan fingerprint density at radius 2 is 1.27 bits per heavy atom. The minimum Gasteiger partial charge on any atom is -0.429 e. The van der Waals surface area contributed by atoms with Crippen molar-refractivity contribution in [3.63, 3.8) is 0 Å². The van der Waals surface area contributed by atoms with Gasteiger partial charge in [-0.3, -0.25) is 0 Å². The van der Waals surface area contributed by atoms with Crippen LogP contribution < -0.4 is 4.74 Å². The highest BCUT2D eigenvalue weighted by atomic mass is 35.5. The Morgan fingerprint density at radius 1 is 0.731 bits per heavy atom. The van der Waals surface area contributed by atoms with E-state index in [4.69, 9.17) is 11.6 Å². The molecule has 3 aromatic carbocycles.